The van der Waals surface area contributed by atoms with Crippen LogP contribution in [-0.4, -0.2) is 19.6 Å². The lowest BCUT2D eigenvalue weighted by Gasteiger charge is -1.99. The van der Waals surface area contributed by atoms with E-state index in [1.54, 1.807) is 10.9 Å². The summed E-state index contributed by atoms with van der Waals surface area (Å²) in [5, 5.41) is 9.77. The van der Waals surface area contributed by atoms with E-state index in [2.05, 4.69) is 10.2 Å². The molecule has 0 saturated carbocycles. The monoisotopic (exact) mass is 227 g/mol. The van der Waals surface area contributed by atoms with Crippen LogP contribution in [-0.2, 0) is 14.1 Å². The number of nitrogens with zero attached hydrogens (tertiary/aromatic N) is 4. The summed E-state index contributed by atoms with van der Waals surface area (Å²) in [7, 11) is 3.80. The zero-order chi connectivity index (χ0) is 12.0. The smallest absolute Gasteiger partial charge is 0.120 e. The van der Waals surface area contributed by atoms with E-state index < -0.39 is 0 Å². The maximum absolute atomic E-state index is 5.94. The summed E-state index contributed by atoms with van der Waals surface area (Å²) in [5.74, 6) is 0. The Morgan fingerprint density at radius 1 is 1.12 bits per heavy atom. The number of hydrogen-bond donors (Lipinski definition) is 1. The summed E-state index contributed by atoms with van der Waals surface area (Å²) in [6, 6.07) is 8.09. The van der Waals surface area contributed by atoms with Gasteiger partial charge >= 0.3 is 0 Å². The molecule has 86 valence electrons. The fourth-order valence-electron chi connectivity index (χ4n) is 2.13. The van der Waals surface area contributed by atoms with E-state index in [4.69, 9.17) is 5.73 Å². The predicted octanol–water partition coefficient (Wildman–Crippen LogP) is 1.56. The van der Waals surface area contributed by atoms with Gasteiger partial charge in [-0.15, -0.1) is 0 Å². The van der Waals surface area contributed by atoms with E-state index in [-0.39, 0.29) is 0 Å². The minimum atomic E-state index is 0.649. The zero-order valence-corrected chi connectivity index (χ0v) is 9.75. The topological polar surface area (TPSA) is 61.7 Å². The van der Waals surface area contributed by atoms with Gasteiger partial charge in [0.05, 0.1) is 17.4 Å². The summed E-state index contributed by atoms with van der Waals surface area (Å²) >= 11 is 0. The lowest BCUT2D eigenvalue weighted by molar-refractivity contribution is 0.760. The van der Waals surface area contributed by atoms with Gasteiger partial charge in [0.25, 0.3) is 0 Å². The van der Waals surface area contributed by atoms with Crippen LogP contribution in [0.3, 0.4) is 0 Å². The van der Waals surface area contributed by atoms with E-state index >= 15 is 0 Å². The number of rotatable bonds is 1. The molecule has 0 unspecified atom stereocenters. The Kier molecular flexibility index (Phi) is 1.95. The molecule has 1 aromatic carbocycles. The second-order valence-corrected chi connectivity index (χ2v) is 4.06. The molecule has 3 aromatic rings. The molecule has 2 N–H and O–H groups in total. The molecule has 0 amide bonds. The van der Waals surface area contributed by atoms with Crippen molar-refractivity contribution in [2.24, 2.45) is 14.1 Å². The van der Waals surface area contributed by atoms with Crippen molar-refractivity contribution in [1.29, 1.82) is 0 Å². The molecule has 0 spiro atoms. The van der Waals surface area contributed by atoms with Crippen LogP contribution in [0.5, 0.6) is 0 Å². The average molecular weight is 227 g/mol. The Hall–Kier alpha value is -2.30. The number of fused-ring (bicyclic) bond motifs is 1. The Labute approximate surface area is 98.5 Å². The van der Waals surface area contributed by atoms with Gasteiger partial charge in [0.1, 0.15) is 11.4 Å². The third kappa shape index (κ3) is 1.32. The average Bonchev–Trinajstić information content (AvgIpc) is 2.82. The van der Waals surface area contributed by atoms with Crippen LogP contribution in [0.2, 0.25) is 0 Å². The molecule has 0 aliphatic rings. The molecule has 3 rings (SSSR count). The third-order valence-corrected chi connectivity index (χ3v) is 2.95. The van der Waals surface area contributed by atoms with Gasteiger partial charge in [0.15, 0.2) is 0 Å². The number of hydrogen-bond acceptors (Lipinski definition) is 3. The van der Waals surface area contributed by atoms with E-state index in [1.807, 2.05) is 43.0 Å². The Bertz CT molecular complexity index is 673. The summed E-state index contributed by atoms with van der Waals surface area (Å²) < 4.78 is 3.61. The van der Waals surface area contributed by atoms with Crippen LogP contribution in [0, 0.1) is 0 Å². The lowest BCUT2D eigenvalue weighted by atomic mass is 10.1. The van der Waals surface area contributed by atoms with Crippen molar-refractivity contribution in [3.63, 3.8) is 0 Å². The quantitative estimate of drug-likeness (QED) is 0.686. The van der Waals surface area contributed by atoms with Crippen molar-refractivity contribution in [2.45, 2.75) is 0 Å². The molecule has 17 heavy (non-hydrogen) atoms. The Morgan fingerprint density at radius 2 is 1.88 bits per heavy atom. The lowest BCUT2D eigenvalue weighted by Crippen LogP contribution is -1.97. The molecule has 2 aromatic heterocycles. The molecule has 2 heterocycles. The minimum Gasteiger partial charge on any atom is -0.396 e. The first kappa shape index (κ1) is 9.89. The first-order valence-electron chi connectivity index (χ1n) is 5.38. The van der Waals surface area contributed by atoms with Crippen LogP contribution in [0.15, 0.2) is 30.5 Å². The van der Waals surface area contributed by atoms with Crippen molar-refractivity contribution in [1.82, 2.24) is 19.6 Å². The fourth-order valence-corrected chi connectivity index (χ4v) is 2.13. The molecule has 0 radical (unpaired) electrons. The SMILES string of the molecule is Cn1ncc(N)c1-c1nn(C)c2ccccc12. The van der Waals surface area contributed by atoms with Crippen LogP contribution in [0.25, 0.3) is 22.3 Å². The maximum atomic E-state index is 5.94. The van der Waals surface area contributed by atoms with Crippen LogP contribution in [0.4, 0.5) is 5.69 Å². The molecule has 0 aliphatic heterocycles. The summed E-state index contributed by atoms with van der Waals surface area (Å²) in [5.41, 5.74) is 9.42. The molecule has 0 atom stereocenters. The number of para-hydroxylation sites is 1. The highest BCUT2D eigenvalue weighted by atomic mass is 15.3. The molecular formula is C12H13N5. The van der Waals surface area contributed by atoms with Gasteiger partial charge in [-0.3, -0.25) is 9.36 Å². The number of aromatic nitrogens is 4. The highest BCUT2D eigenvalue weighted by molar-refractivity contribution is 5.94. The maximum Gasteiger partial charge on any atom is 0.120 e. The Morgan fingerprint density at radius 3 is 2.59 bits per heavy atom. The highest BCUT2D eigenvalue weighted by Gasteiger charge is 2.15. The van der Waals surface area contributed by atoms with Crippen LogP contribution < -0.4 is 5.73 Å². The van der Waals surface area contributed by atoms with E-state index in [0.29, 0.717) is 5.69 Å². The van der Waals surface area contributed by atoms with Gasteiger partial charge in [0.2, 0.25) is 0 Å². The fraction of sp³-hybridized carbons (Fsp3) is 0.167. The number of aryl methyl sites for hydroxylation is 2. The predicted molar refractivity (Wildman–Crippen MR) is 67.3 cm³/mol. The van der Waals surface area contributed by atoms with E-state index in [9.17, 15) is 0 Å². The Balaban J connectivity index is 2.39. The minimum absolute atomic E-state index is 0.649. The molecule has 0 saturated heterocycles. The van der Waals surface area contributed by atoms with Gasteiger partial charge in [-0.25, -0.2) is 0 Å². The first-order chi connectivity index (χ1) is 8.18. The summed E-state index contributed by atoms with van der Waals surface area (Å²) in [6.07, 6.45) is 1.65. The van der Waals surface area contributed by atoms with Gasteiger partial charge in [-0.1, -0.05) is 18.2 Å². The van der Waals surface area contributed by atoms with Gasteiger partial charge in [-0.05, 0) is 6.07 Å². The first-order valence-corrected chi connectivity index (χ1v) is 5.38. The standard InChI is InChI=1S/C12H13N5/c1-16-10-6-4-3-5-8(10)11(15-16)12-9(13)7-14-17(12)2/h3-7H,13H2,1-2H3. The van der Waals surface area contributed by atoms with Crippen LogP contribution in [0.1, 0.15) is 0 Å². The highest BCUT2D eigenvalue weighted by Crippen LogP contribution is 2.30. The van der Waals surface area contributed by atoms with Crippen LogP contribution >= 0.6 is 0 Å². The number of nitrogens with two attached hydrogens (primary N) is 1. The second kappa shape index (κ2) is 3.35. The molecule has 5 nitrogen and oxygen atoms in total. The van der Waals surface area contributed by atoms with E-state index in [0.717, 1.165) is 22.3 Å². The molecular weight excluding hydrogens is 214 g/mol. The van der Waals surface area contributed by atoms with Crippen molar-refractivity contribution < 1.29 is 0 Å². The van der Waals surface area contributed by atoms with E-state index in [1.165, 1.54) is 0 Å². The number of nitrogen functional groups attached to an aromatic ring is 1. The second-order valence-electron chi connectivity index (χ2n) is 4.06. The number of anilines is 1. The van der Waals surface area contributed by atoms with Crippen molar-refractivity contribution in [2.75, 3.05) is 5.73 Å². The molecule has 0 fully saturated rings. The largest absolute Gasteiger partial charge is 0.396 e. The van der Waals surface area contributed by atoms with Gasteiger partial charge < -0.3 is 5.73 Å². The van der Waals surface area contributed by atoms with Crippen molar-refractivity contribution in [3.05, 3.63) is 30.5 Å². The third-order valence-electron chi connectivity index (χ3n) is 2.95. The molecule has 0 aliphatic carbocycles. The zero-order valence-electron chi connectivity index (χ0n) is 9.75. The normalized spacial score (nSPS) is 11.2. The molecule has 5 heteroatoms. The van der Waals surface area contributed by atoms with Crippen molar-refractivity contribution >= 4 is 16.6 Å². The van der Waals surface area contributed by atoms with Gasteiger partial charge in [0, 0.05) is 19.5 Å². The van der Waals surface area contributed by atoms with Crippen molar-refractivity contribution in [3.8, 4) is 11.4 Å². The summed E-state index contributed by atoms with van der Waals surface area (Å²) in [6.45, 7) is 0. The number of benzene rings is 1. The molecule has 0 bridgehead atoms. The summed E-state index contributed by atoms with van der Waals surface area (Å²) in [4.78, 5) is 0. The van der Waals surface area contributed by atoms with Gasteiger partial charge in [-0.2, -0.15) is 10.2 Å².